The lowest BCUT2D eigenvalue weighted by molar-refractivity contribution is 0.568. The molecule has 0 aliphatic carbocycles. The molecule has 1 aromatic carbocycles. The van der Waals surface area contributed by atoms with Gasteiger partial charge in [-0.3, -0.25) is 0 Å². The highest BCUT2D eigenvalue weighted by Gasteiger charge is 2.06. The molecule has 3 aromatic rings. The Hall–Kier alpha value is -2.27. The fourth-order valence-corrected chi connectivity index (χ4v) is 2.27. The van der Waals surface area contributed by atoms with Crippen molar-refractivity contribution in [2.24, 2.45) is 0 Å². The predicted molar refractivity (Wildman–Crippen MR) is 79.4 cm³/mol. The fraction of sp³-hybridized carbons (Fsp3) is 0.250. The molecule has 2 aromatic heterocycles. The zero-order valence-corrected chi connectivity index (χ0v) is 12.0. The predicted octanol–water partition coefficient (Wildman–Crippen LogP) is 3.03. The van der Waals surface area contributed by atoms with Crippen LogP contribution >= 0.6 is 0 Å². The number of fused-ring (bicyclic) bond motifs is 1. The molecule has 108 valence electrons. The van der Waals surface area contributed by atoms with Crippen molar-refractivity contribution in [2.45, 2.75) is 26.4 Å². The van der Waals surface area contributed by atoms with Crippen LogP contribution in [0.25, 0.3) is 5.65 Å². The first kappa shape index (κ1) is 13.7. The van der Waals surface area contributed by atoms with E-state index >= 15 is 0 Å². The lowest BCUT2D eigenvalue weighted by Gasteiger charge is -2.14. The smallest absolute Gasteiger partial charge is 0.155 e. The summed E-state index contributed by atoms with van der Waals surface area (Å²) in [5.74, 6) is -0.213. The maximum absolute atomic E-state index is 12.9. The molecule has 0 unspecified atom stereocenters. The Morgan fingerprint density at radius 2 is 2.05 bits per heavy atom. The van der Waals surface area contributed by atoms with Crippen LogP contribution in [0, 0.1) is 12.7 Å². The SMILES string of the molecule is Cc1cc2ncc(CN[C@@H](C)c3ccc(F)cc3)cn2n1. The van der Waals surface area contributed by atoms with Gasteiger partial charge in [-0.05, 0) is 31.5 Å². The molecule has 21 heavy (non-hydrogen) atoms. The van der Waals surface area contributed by atoms with Crippen LogP contribution in [0.5, 0.6) is 0 Å². The summed E-state index contributed by atoms with van der Waals surface area (Å²) >= 11 is 0. The van der Waals surface area contributed by atoms with E-state index in [0.717, 1.165) is 22.5 Å². The van der Waals surface area contributed by atoms with E-state index in [1.165, 1.54) is 12.1 Å². The largest absolute Gasteiger partial charge is 0.306 e. The molecule has 0 fully saturated rings. The van der Waals surface area contributed by atoms with E-state index in [1.807, 2.05) is 25.4 Å². The molecule has 0 aliphatic rings. The minimum atomic E-state index is -0.213. The number of aromatic nitrogens is 3. The van der Waals surface area contributed by atoms with Gasteiger partial charge in [-0.1, -0.05) is 12.1 Å². The molecule has 1 N–H and O–H groups in total. The molecule has 1 atom stereocenters. The van der Waals surface area contributed by atoms with Crippen LogP contribution in [0.3, 0.4) is 0 Å². The highest BCUT2D eigenvalue weighted by molar-refractivity contribution is 5.38. The van der Waals surface area contributed by atoms with Crippen molar-refractivity contribution >= 4 is 5.65 Å². The number of nitrogens with zero attached hydrogens (tertiary/aromatic N) is 3. The summed E-state index contributed by atoms with van der Waals surface area (Å²) in [6, 6.07) is 8.64. The quantitative estimate of drug-likeness (QED) is 0.800. The topological polar surface area (TPSA) is 42.2 Å². The molecule has 0 saturated carbocycles. The van der Waals surface area contributed by atoms with Gasteiger partial charge < -0.3 is 5.32 Å². The Morgan fingerprint density at radius 3 is 2.81 bits per heavy atom. The van der Waals surface area contributed by atoms with Crippen LogP contribution in [0.1, 0.15) is 29.8 Å². The van der Waals surface area contributed by atoms with Gasteiger partial charge >= 0.3 is 0 Å². The van der Waals surface area contributed by atoms with E-state index in [9.17, 15) is 4.39 Å². The molecule has 5 heteroatoms. The highest BCUT2D eigenvalue weighted by Crippen LogP contribution is 2.14. The molecule has 0 aliphatic heterocycles. The molecule has 0 radical (unpaired) electrons. The molecule has 3 rings (SSSR count). The van der Waals surface area contributed by atoms with Gasteiger partial charge in [0.25, 0.3) is 0 Å². The molecular weight excluding hydrogens is 267 g/mol. The Labute approximate surface area is 122 Å². The second-order valence-corrected chi connectivity index (χ2v) is 5.20. The first-order valence-electron chi connectivity index (χ1n) is 6.91. The number of benzene rings is 1. The van der Waals surface area contributed by atoms with E-state index in [-0.39, 0.29) is 11.9 Å². The van der Waals surface area contributed by atoms with Crippen LogP contribution in [-0.2, 0) is 6.54 Å². The average molecular weight is 284 g/mol. The van der Waals surface area contributed by atoms with Gasteiger partial charge in [0.05, 0.1) is 5.69 Å². The van der Waals surface area contributed by atoms with E-state index < -0.39 is 0 Å². The maximum atomic E-state index is 12.9. The molecule has 0 spiro atoms. The van der Waals surface area contributed by atoms with Crippen molar-refractivity contribution in [1.82, 2.24) is 19.9 Å². The van der Waals surface area contributed by atoms with Crippen molar-refractivity contribution in [1.29, 1.82) is 0 Å². The highest BCUT2D eigenvalue weighted by atomic mass is 19.1. The molecule has 0 amide bonds. The van der Waals surface area contributed by atoms with Crippen molar-refractivity contribution in [3.05, 3.63) is 65.4 Å². The van der Waals surface area contributed by atoms with Gasteiger partial charge in [0, 0.05) is 36.6 Å². The number of nitrogens with one attached hydrogen (secondary N) is 1. The zero-order valence-electron chi connectivity index (χ0n) is 12.0. The summed E-state index contributed by atoms with van der Waals surface area (Å²) < 4.78 is 14.7. The van der Waals surface area contributed by atoms with Gasteiger partial charge in [0.1, 0.15) is 5.82 Å². The minimum Gasteiger partial charge on any atom is -0.306 e. The van der Waals surface area contributed by atoms with E-state index in [1.54, 1.807) is 16.6 Å². The van der Waals surface area contributed by atoms with Crippen molar-refractivity contribution in [3.63, 3.8) is 0 Å². The number of halogens is 1. The molecule has 0 bridgehead atoms. The van der Waals surface area contributed by atoms with E-state index in [0.29, 0.717) is 6.54 Å². The molecule has 2 heterocycles. The molecule has 0 saturated heterocycles. The Kier molecular flexibility index (Phi) is 3.66. The third kappa shape index (κ3) is 3.08. The van der Waals surface area contributed by atoms with Crippen LogP contribution in [-0.4, -0.2) is 14.6 Å². The van der Waals surface area contributed by atoms with Crippen molar-refractivity contribution in [2.75, 3.05) is 0 Å². The normalized spacial score (nSPS) is 12.7. The minimum absolute atomic E-state index is 0.139. The Bertz CT molecular complexity index is 749. The number of hydrogen-bond acceptors (Lipinski definition) is 3. The first-order valence-corrected chi connectivity index (χ1v) is 6.91. The van der Waals surface area contributed by atoms with Crippen LogP contribution in [0.2, 0.25) is 0 Å². The second kappa shape index (κ2) is 5.61. The van der Waals surface area contributed by atoms with Crippen LogP contribution in [0.4, 0.5) is 4.39 Å². The third-order valence-electron chi connectivity index (χ3n) is 3.47. The van der Waals surface area contributed by atoms with Crippen molar-refractivity contribution in [3.8, 4) is 0 Å². The maximum Gasteiger partial charge on any atom is 0.155 e. The first-order chi connectivity index (χ1) is 10.1. The van der Waals surface area contributed by atoms with Gasteiger partial charge in [-0.25, -0.2) is 13.9 Å². The molecular formula is C16H17FN4. The van der Waals surface area contributed by atoms with Gasteiger partial charge in [0.15, 0.2) is 5.65 Å². The summed E-state index contributed by atoms with van der Waals surface area (Å²) in [6.45, 7) is 4.68. The zero-order chi connectivity index (χ0) is 14.8. The summed E-state index contributed by atoms with van der Waals surface area (Å²) in [5.41, 5.74) is 3.91. The summed E-state index contributed by atoms with van der Waals surface area (Å²) in [6.07, 6.45) is 3.82. The van der Waals surface area contributed by atoms with Crippen LogP contribution in [0.15, 0.2) is 42.7 Å². The van der Waals surface area contributed by atoms with Crippen LogP contribution < -0.4 is 5.32 Å². The lowest BCUT2D eigenvalue weighted by Crippen LogP contribution is -2.18. The van der Waals surface area contributed by atoms with Gasteiger partial charge in [0.2, 0.25) is 0 Å². The molecule has 4 nitrogen and oxygen atoms in total. The van der Waals surface area contributed by atoms with Gasteiger partial charge in [-0.2, -0.15) is 5.10 Å². The number of hydrogen-bond donors (Lipinski definition) is 1. The summed E-state index contributed by atoms with van der Waals surface area (Å²) in [5, 5.41) is 7.76. The van der Waals surface area contributed by atoms with Gasteiger partial charge in [-0.15, -0.1) is 0 Å². The Balaban J connectivity index is 1.69. The monoisotopic (exact) mass is 284 g/mol. The lowest BCUT2D eigenvalue weighted by atomic mass is 10.1. The van der Waals surface area contributed by atoms with E-state index in [4.69, 9.17) is 0 Å². The standard InChI is InChI=1S/C16H17FN4/c1-11-7-16-19-9-13(10-21(16)20-11)8-18-12(2)14-3-5-15(17)6-4-14/h3-7,9-10,12,18H,8H2,1-2H3/t12-/m0/s1. The van der Waals surface area contributed by atoms with Crippen molar-refractivity contribution < 1.29 is 4.39 Å². The second-order valence-electron chi connectivity index (χ2n) is 5.20. The number of aryl methyl sites for hydroxylation is 1. The fourth-order valence-electron chi connectivity index (χ4n) is 2.27. The summed E-state index contributed by atoms with van der Waals surface area (Å²) in [4.78, 5) is 4.38. The number of rotatable bonds is 4. The average Bonchev–Trinajstić information content (AvgIpc) is 2.84. The Morgan fingerprint density at radius 1 is 1.29 bits per heavy atom. The van der Waals surface area contributed by atoms with E-state index in [2.05, 4.69) is 22.3 Å². The summed E-state index contributed by atoms with van der Waals surface area (Å²) in [7, 11) is 0. The third-order valence-corrected chi connectivity index (χ3v) is 3.47.